The summed E-state index contributed by atoms with van der Waals surface area (Å²) in [5.74, 6) is -0.726. The van der Waals surface area contributed by atoms with Crippen molar-refractivity contribution in [3.63, 3.8) is 0 Å². The van der Waals surface area contributed by atoms with E-state index in [1.54, 1.807) is 13.8 Å². The molecule has 5 nitrogen and oxygen atoms in total. The molecule has 0 bridgehead atoms. The van der Waals surface area contributed by atoms with E-state index in [0.717, 1.165) is 6.07 Å². The molecule has 0 saturated carbocycles. The fraction of sp³-hybridized carbons (Fsp3) is 0.500. The maximum Gasteiger partial charge on any atom is 0.245 e. The lowest BCUT2D eigenvalue weighted by molar-refractivity contribution is -0.0440. The average Bonchev–Trinajstić information content (AvgIpc) is 2.31. The molecule has 0 unspecified atom stereocenters. The third-order valence-electron chi connectivity index (χ3n) is 3.02. The summed E-state index contributed by atoms with van der Waals surface area (Å²) < 4.78 is 45.1. The third-order valence-corrected chi connectivity index (χ3v) is 4.91. The van der Waals surface area contributed by atoms with Gasteiger partial charge < -0.3 is 10.5 Å². The lowest BCUT2D eigenvalue weighted by Crippen LogP contribution is -2.48. The summed E-state index contributed by atoms with van der Waals surface area (Å²) in [7, 11) is -3.79. The number of hydrogen-bond donors (Lipinski definition) is 1. The van der Waals surface area contributed by atoms with Crippen LogP contribution in [0.2, 0.25) is 0 Å². The van der Waals surface area contributed by atoms with Gasteiger partial charge in [-0.1, -0.05) is 6.07 Å². The van der Waals surface area contributed by atoms with Crippen LogP contribution in [0.25, 0.3) is 0 Å². The molecule has 0 aliphatic carbocycles. The van der Waals surface area contributed by atoms with Crippen LogP contribution >= 0.6 is 0 Å². The SMILES string of the molecule is C[C@@H]1CN(S(=O)(=O)c2cccc(F)c2N)C[C@H](C)O1. The van der Waals surface area contributed by atoms with Crippen LogP contribution in [0.15, 0.2) is 23.1 Å². The molecular weight excluding hydrogens is 271 g/mol. The monoisotopic (exact) mass is 288 g/mol. The van der Waals surface area contributed by atoms with Gasteiger partial charge in [0.2, 0.25) is 10.0 Å². The van der Waals surface area contributed by atoms with Crippen LogP contribution in [0.1, 0.15) is 13.8 Å². The first-order valence-electron chi connectivity index (χ1n) is 6.02. The molecule has 106 valence electrons. The minimum atomic E-state index is -3.79. The van der Waals surface area contributed by atoms with Gasteiger partial charge in [-0.25, -0.2) is 12.8 Å². The van der Waals surface area contributed by atoms with Crippen molar-refractivity contribution in [3.05, 3.63) is 24.0 Å². The van der Waals surface area contributed by atoms with Gasteiger partial charge in [0.15, 0.2) is 0 Å². The first kappa shape index (κ1) is 14.2. The second-order valence-corrected chi connectivity index (χ2v) is 6.64. The zero-order chi connectivity index (χ0) is 14.2. The smallest absolute Gasteiger partial charge is 0.245 e. The molecule has 1 aliphatic rings. The number of sulfonamides is 1. The van der Waals surface area contributed by atoms with E-state index in [1.165, 1.54) is 16.4 Å². The lowest BCUT2D eigenvalue weighted by atomic mass is 10.3. The van der Waals surface area contributed by atoms with Crippen LogP contribution < -0.4 is 5.73 Å². The van der Waals surface area contributed by atoms with Crippen molar-refractivity contribution in [2.24, 2.45) is 0 Å². The van der Waals surface area contributed by atoms with Crippen LogP contribution in [0.5, 0.6) is 0 Å². The Balaban J connectivity index is 2.39. The van der Waals surface area contributed by atoms with E-state index in [-0.39, 0.29) is 35.9 Å². The number of benzene rings is 1. The Morgan fingerprint density at radius 2 is 1.89 bits per heavy atom. The fourth-order valence-corrected chi connectivity index (χ4v) is 3.92. The summed E-state index contributed by atoms with van der Waals surface area (Å²) in [6, 6.07) is 3.79. The van der Waals surface area contributed by atoms with Crippen molar-refractivity contribution in [3.8, 4) is 0 Å². The Labute approximate surface area is 112 Å². The number of hydrogen-bond acceptors (Lipinski definition) is 4. The number of morpholine rings is 1. The summed E-state index contributed by atoms with van der Waals surface area (Å²) in [6.07, 6.45) is -0.401. The molecule has 0 radical (unpaired) electrons. The maximum absolute atomic E-state index is 13.4. The number of ether oxygens (including phenoxy) is 1. The van der Waals surface area contributed by atoms with Crippen molar-refractivity contribution in [2.75, 3.05) is 18.8 Å². The first-order valence-corrected chi connectivity index (χ1v) is 7.46. The standard InChI is InChI=1S/C12H17FN2O3S/c1-8-6-15(7-9(2)18-8)19(16,17)11-5-3-4-10(13)12(11)14/h3-5,8-9H,6-7,14H2,1-2H3/t8-,9+. The van der Waals surface area contributed by atoms with Gasteiger partial charge in [0.1, 0.15) is 10.7 Å². The summed E-state index contributed by atoms with van der Waals surface area (Å²) in [5.41, 5.74) is 5.19. The highest BCUT2D eigenvalue weighted by Gasteiger charge is 2.33. The Kier molecular flexibility index (Phi) is 3.80. The Hall–Kier alpha value is -1.18. The molecule has 1 fully saturated rings. The van der Waals surface area contributed by atoms with Gasteiger partial charge >= 0.3 is 0 Å². The second-order valence-electron chi connectivity index (χ2n) is 4.73. The Morgan fingerprint density at radius 3 is 2.47 bits per heavy atom. The molecule has 2 N–H and O–H groups in total. The van der Waals surface area contributed by atoms with E-state index in [9.17, 15) is 12.8 Å². The molecule has 1 heterocycles. The molecule has 0 spiro atoms. The van der Waals surface area contributed by atoms with Crippen molar-refractivity contribution >= 4 is 15.7 Å². The lowest BCUT2D eigenvalue weighted by Gasteiger charge is -2.34. The molecule has 0 amide bonds. The van der Waals surface area contributed by atoms with Crippen molar-refractivity contribution in [2.45, 2.75) is 31.0 Å². The molecule has 2 atom stereocenters. The van der Waals surface area contributed by atoms with Crippen molar-refractivity contribution in [1.29, 1.82) is 0 Å². The average molecular weight is 288 g/mol. The number of nitrogens with two attached hydrogens (primary N) is 1. The Morgan fingerprint density at radius 1 is 1.32 bits per heavy atom. The first-order chi connectivity index (χ1) is 8.82. The molecule has 1 aromatic carbocycles. The number of nitrogen functional groups attached to an aromatic ring is 1. The predicted octanol–water partition coefficient (Wildman–Crippen LogP) is 1.21. The van der Waals surface area contributed by atoms with E-state index >= 15 is 0 Å². The highest BCUT2D eigenvalue weighted by atomic mass is 32.2. The van der Waals surface area contributed by atoms with E-state index in [1.807, 2.05) is 0 Å². The predicted molar refractivity (Wildman–Crippen MR) is 69.6 cm³/mol. The minimum absolute atomic E-state index is 0.186. The number of halogens is 1. The fourth-order valence-electron chi connectivity index (χ4n) is 2.21. The summed E-state index contributed by atoms with van der Waals surface area (Å²) >= 11 is 0. The topological polar surface area (TPSA) is 72.6 Å². The van der Waals surface area contributed by atoms with Crippen LogP contribution in [0.3, 0.4) is 0 Å². The molecule has 19 heavy (non-hydrogen) atoms. The molecule has 1 aliphatic heterocycles. The van der Waals surface area contributed by atoms with E-state index in [2.05, 4.69) is 0 Å². The van der Waals surface area contributed by atoms with Gasteiger partial charge in [-0.2, -0.15) is 4.31 Å². The van der Waals surface area contributed by atoms with Crippen LogP contribution in [0, 0.1) is 5.82 Å². The highest BCUT2D eigenvalue weighted by molar-refractivity contribution is 7.89. The third kappa shape index (κ3) is 2.72. The number of anilines is 1. The number of para-hydroxylation sites is 1. The highest BCUT2D eigenvalue weighted by Crippen LogP contribution is 2.26. The quantitative estimate of drug-likeness (QED) is 0.830. The minimum Gasteiger partial charge on any atom is -0.395 e. The molecule has 1 saturated heterocycles. The molecule has 1 aromatic rings. The largest absolute Gasteiger partial charge is 0.395 e. The normalized spacial score (nSPS) is 25.4. The van der Waals surface area contributed by atoms with Crippen molar-refractivity contribution in [1.82, 2.24) is 4.31 Å². The van der Waals surface area contributed by atoms with E-state index in [4.69, 9.17) is 10.5 Å². The Bertz CT molecular complexity index is 566. The molecule has 7 heteroatoms. The van der Waals surface area contributed by atoms with Crippen molar-refractivity contribution < 1.29 is 17.5 Å². The molecule has 0 aromatic heterocycles. The van der Waals surface area contributed by atoms with Gasteiger partial charge in [0, 0.05) is 13.1 Å². The van der Waals surface area contributed by atoms with Crippen LogP contribution in [0.4, 0.5) is 10.1 Å². The second kappa shape index (κ2) is 5.07. The number of nitrogens with zero attached hydrogens (tertiary/aromatic N) is 1. The zero-order valence-electron chi connectivity index (χ0n) is 10.8. The van der Waals surface area contributed by atoms with E-state index < -0.39 is 15.8 Å². The molecule has 2 rings (SSSR count). The molecular formula is C12H17FN2O3S. The zero-order valence-corrected chi connectivity index (χ0v) is 11.7. The van der Waals surface area contributed by atoms with Gasteiger partial charge in [-0.15, -0.1) is 0 Å². The summed E-state index contributed by atoms with van der Waals surface area (Å²) in [5, 5.41) is 0. The van der Waals surface area contributed by atoms with Gasteiger partial charge in [0.05, 0.1) is 17.9 Å². The van der Waals surface area contributed by atoms with Gasteiger partial charge in [-0.05, 0) is 26.0 Å². The van der Waals surface area contributed by atoms with Gasteiger partial charge in [0.25, 0.3) is 0 Å². The van der Waals surface area contributed by atoms with Crippen LogP contribution in [-0.2, 0) is 14.8 Å². The van der Waals surface area contributed by atoms with Crippen LogP contribution in [-0.4, -0.2) is 38.0 Å². The van der Waals surface area contributed by atoms with Gasteiger partial charge in [-0.3, -0.25) is 0 Å². The maximum atomic E-state index is 13.4. The van der Waals surface area contributed by atoms with E-state index in [0.29, 0.717) is 0 Å². The number of rotatable bonds is 2. The summed E-state index contributed by atoms with van der Waals surface area (Å²) in [4.78, 5) is -0.186. The summed E-state index contributed by atoms with van der Waals surface area (Å²) in [6.45, 7) is 4.07.